The van der Waals surface area contributed by atoms with Crippen LogP contribution in [0.1, 0.15) is 6.42 Å². The van der Waals surface area contributed by atoms with Crippen LogP contribution in [0.4, 0.5) is 17.1 Å². The Morgan fingerprint density at radius 2 is 2.05 bits per heavy atom. The van der Waals surface area contributed by atoms with Gasteiger partial charge in [-0.25, -0.2) is 0 Å². The minimum Gasteiger partial charge on any atom is -0.398 e. The molecule has 1 saturated heterocycles. The number of non-ortho nitro benzene ring substituents is 1. The number of nitrogens with zero attached hydrogens (tertiary/aromatic N) is 3. The van der Waals surface area contributed by atoms with E-state index in [2.05, 4.69) is 0 Å². The third-order valence-corrected chi connectivity index (χ3v) is 3.17. The van der Waals surface area contributed by atoms with Crippen LogP contribution in [0.15, 0.2) is 18.2 Å². The van der Waals surface area contributed by atoms with Crippen LogP contribution in [-0.4, -0.2) is 42.4 Å². The van der Waals surface area contributed by atoms with Crippen molar-refractivity contribution in [2.75, 3.05) is 37.3 Å². The monoisotopic (exact) mass is 264 g/mol. The number of rotatable bonds is 2. The Labute approximate surface area is 110 Å². The van der Waals surface area contributed by atoms with Crippen LogP contribution in [0.3, 0.4) is 0 Å². The standard InChI is InChI=1S/C12H16N4O3/c1-14-3-2-4-15(8-12(14)17)10-5-9(13)6-11(7-10)16(18)19/h5-7H,2-4,8,13H2,1H3. The van der Waals surface area contributed by atoms with Crippen molar-refractivity contribution in [2.24, 2.45) is 0 Å². The van der Waals surface area contributed by atoms with Crippen LogP contribution in [0.2, 0.25) is 0 Å². The summed E-state index contributed by atoms with van der Waals surface area (Å²) in [6, 6.07) is 4.43. The van der Waals surface area contributed by atoms with Gasteiger partial charge in [-0.05, 0) is 12.5 Å². The van der Waals surface area contributed by atoms with Crippen molar-refractivity contribution < 1.29 is 9.72 Å². The van der Waals surface area contributed by atoms with Gasteiger partial charge in [0.05, 0.1) is 11.5 Å². The molecule has 0 unspecified atom stereocenters. The lowest BCUT2D eigenvalue weighted by atomic mass is 10.2. The number of hydrogen-bond acceptors (Lipinski definition) is 5. The van der Waals surface area contributed by atoms with E-state index in [1.807, 2.05) is 4.90 Å². The van der Waals surface area contributed by atoms with E-state index in [1.165, 1.54) is 12.1 Å². The summed E-state index contributed by atoms with van der Waals surface area (Å²) in [6.07, 6.45) is 0.824. The number of likely N-dealkylation sites (N-methyl/N-ethyl adjacent to an activating group) is 1. The molecule has 1 fully saturated rings. The number of anilines is 2. The maximum Gasteiger partial charge on any atom is 0.273 e. The SMILES string of the molecule is CN1CCCN(c2cc(N)cc([N+](=O)[O-])c2)CC1=O. The molecule has 0 radical (unpaired) electrons. The van der Waals surface area contributed by atoms with E-state index in [0.717, 1.165) is 6.42 Å². The summed E-state index contributed by atoms with van der Waals surface area (Å²) in [5.41, 5.74) is 6.57. The van der Waals surface area contributed by atoms with Gasteiger partial charge in [0.15, 0.2) is 0 Å². The number of amides is 1. The zero-order valence-electron chi connectivity index (χ0n) is 10.7. The van der Waals surface area contributed by atoms with Crippen molar-refractivity contribution in [1.82, 2.24) is 4.90 Å². The Bertz CT molecular complexity index is 518. The molecule has 2 N–H and O–H groups in total. The lowest BCUT2D eigenvalue weighted by Crippen LogP contribution is -2.34. The molecule has 0 atom stereocenters. The third kappa shape index (κ3) is 2.93. The summed E-state index contributed by atoms with van der Waals surface area (Å²) in [5, 5.41) is 10.8. The number of hydrogen-bond donors (Lipinski definition) is 1. The molecule has 1 heterocycles. The van der Waals surface area contributed by atoms with Gasteiger partial charge in [0, 0.05) is 43.6 Å². The number of nitro benzene ring substituents is 1. The molecule has 19 heavy (non-hydrogen) atoms. The highest BCUT2D eigenvalue weighted by Crippen LogP contribution is 2.26. The third-order valence-electron chi connectivity index (χ3n) is 3.17. The minimum atomic E-state index is -0.481. The number of nitrogens with two attached hydrogens (primary N) is 1. The normalized spacial score (nSPS) is 16.4. The lowest BCUT2D eigenvalue weighted by molar-refractivity contribution is -0.384. The highest BCUT2D eigenvalue weighted by atomic mass is 16.6. The van der Waals surface area contributed by atoms with Gasteiger partial charge in [-0.1, -0.05) is 0 Å². The number of carbonyl (C=O) groups excluding carboxylic acids is 1. The van der Waals surface area contributed by atoms with Crippen LogP contribution in [0.5, 0.6) is 0 Å². The van der Waals surface area contributed by atoms with E-state index in [9.17, 15) is 14.9 Å². The van der Waals surface area contributed by atoms with E-state index in [4.69, 9.17) is 5.73 Å². The van der Waals surface area contributed by atoms with Gasteiger partial charge >= 0.3 is 0 Å². The van der Waals surface area contributed by atoms with Gasteiger partial charge < -0.3 is 15.5 Å². The molecule has 1 amide bonds. The first kappa shape index (κ1) is 13.1. The fraction of sp³-hybridized carbons (Fsp3) is 0.417. The molecule has 2 rings (SSSR count). The Morgan fingerprint density at radius 3 is 2.74 bits per heavy atom. The molecule has 7 nitrogen and oxygen atoms in total. The van der Waals surface area contributed by atoms with Crippen molar-refractivity contribution in [3.05, 3.63) is 28.3 Å². The Hall–Kier alpha value is -2.31. The predicted molar refractivity (Wildman–Crippen MR) is 72.0 cm³/mol. The van der Waals surface area contributed by atoms with E-state index in [0.29, 0.717) is 24.5 Å². The fourth-order valence-electron chi connectivity index (χ4n) is 2.11. The molecule has 0 aromatic heterocycles. The van der Waals surface area contributed by atoms with E-state index in [1.54, 1.807) is 18.0 Å². The van der Waals surface area contributed by atoms with Crippen LogP contribution in [-0.2, 0) is 4.79 Å². The van der Waals surface area contributed by atoms with E-state index in [-0.39, 0.29) is 18.1 Å². The largest absolute Gasteiger partial charge is 0.398 e. The van der Waals surface area contributed by atoms with Gasteiger partial charge in [-0.2, -0.15) is 0 Å². The van der Waals surface area contributed by atoms with Crippen LogP contribution in [0, 0.1) is 10.1 Å². The number of benzene rings is 1. The van der Waals surface area contributed by atoms with Crippen LogP contribution in [0.25, 0.3) is 0 Å². The second kappa shape index (κ2) is 5.13. The summed E-state index contributed by atoms with van der Waals surface area (Å²) in [4.78, 5) is 25.7. The molecule has 1 aromatic rings. The van der Waals surface area contributed by atoms with Crippen molar-refractivity contribution in [1.29, 1.82) is 0 Å². The van der Waals surface area contributed by atoms with Gasteiger partial charge in [0.1, 0.15) is 0 Å². The first-order valence-electron chi connectivity index (χ1n) is 6.01. The van der Waals surface area contributed by atoms with Crippen LogP contribution < -0.4 is 10.6 Å². The second-order valence-corrected chi connectivity index (χ2v) is 4.63. The Kier molecular flexibility index (Phi) is 3.55. The molecule has 0 bridgehead atoms. The maximum absolute atomic E-state index is 11.8. The molecule has 1 aliphatic heterocycles. The van der Waals surface area contributed by atoms with Crippen LogP contribution >= 0.6 is 0 Å². The molecule has 7 heteroatoms. The Morgan fingerprint density at radius 1 is 1.32 bits per heavy atom. The number of carbonyl (C=O) groups is 1. The highest BCUT2D eigenvalue weighted by molar-refractivity contribution is 5.82. The summed E-state index contributed by atoms with van der Waals surface area (Å²) in [7, 11) is 1.76. The van der Waals surface area contributed by atoms with E-state index < -0.39 is 4.92 Å². The first-order valence-corrected chi connectivity index (χ1v) is 6.01. The molecule has 0 spiro atoms. The highest BCUT2D eigenvalue weighted by Gasteiger charge is 2.21. The molecule has 0 aliphatic carbocycles. The zero-order valence-corrected chi connectivity index (χ0v) is 10.7. The first-order chi connectivity index (χ1) is 8.97. The molecular formula is C12H16N4O3. The van der Waals surface area contributed by atoms with Gasteiger partial charge in [-0.3, -0.25) is 14.9 Å². The average molecular weight is 264 g/mol. The average Bonchev–Trinajstić information content (AvgIpc) is 2.51. The summed E-state index contributed by atoms with van der Waals surface area (Å²) in [6.45, 7) is 1.59. The summed E-state index contributed by atoms with van der Waals surface area (Å²) in [5.74, 6) is 0.00239. The quantitative estimate of drug-likeness (QED) is 0.485. The van der Waals surface area contributed by atoms with Crippen molar-refractivity contribution in [3.8, 4) is 0 Å². The molecule has 102 valence electrons. The van der Waals surface area contributed by atoms with Crippen molar-refractivity contribution in [2.45, 2.75) is 6.42 Å². The maximum atomic E-state index is 11.8. The van der Waals surface area contributed by atoms with Gasteiger partial charge in [0.25, 0.3) is 5.69 Å². The van der Waals surface area contributed by atoms with Gasteiger partial charge in [0.2, 0.25) is 5.91 Å². The smallest absolute Gasteiger partial charge is 0.273 e. The predicted octanol–water partition coefficient (Wildman–Crippen LogP) is 0.845. The summed E-state index contributed by atoms with van der Waals surface area (Å²) >= 11 is 0. The summed E-state index contributed by atoms with van der Waals surface area (Å²) < 4.78 is 0. The van der Waals surface area contributed by atoms with Gasteiger partial charge in [-0.15, -0.1) is 0 Å². The molecular weight excluding hydrogens is 248 g/mol. The van der Waals surface area contributed by atoms with Crippen molar-refractivity contribution >= 4 is 23.0 Å². The number of nitro groups is 1. The minimum absolute atomic E-state index is 0.00239. The molecule has 0 saturated carbocycles. The number of nitrogen functional groups attached to an aromatic ring is 1. The molecule has 1 aliphatic rings. The molecule has 1 aromatic carbocycles. The lowest BCUT2D eigenvalue weighted by Gasteiger charge is -2.22. The second-order valence-electron chi connectivity index (χ2n) is 4.63. The fourth-order valence-corrected chi connectivity index (χ4v) is 2.11. The van der Waals surface area contributed by atoms with E-state index >= 15 is 0 Å². The van der Waals surface area contributed by atoms with Crippen molar-refractivity contribution in [3.63, 3.8) is 0 Å². The Balaban J connectivity index is 2.30. The zero-order chi connectivity index (χ0) is 14.0. The topological polar surface area (TPSA) is 92.7 Å².